The Labute approximate surface area is 169 Å². The fourth-order valence-electron chi connectivity index (χ4n) is 3.20. The summed E-state index contributed by atoms with van der Waals surface area (Å²) in [4.78, 5) is 4.14. The molecule has 7 nitrogen and oxygen atoms in total. The third-order valence-electron chi connectivity index (χ3n) is 4.91. The van der Waals surface area contributed by atoms with Crippen LogP contribution in [-0.4, -0.2) is 58.0 Å². The largest absolute Gasteiger partial charge is 0.511 e. The molecule has 1 aromatic rings. The molecule has 1 saturated heterocycles. The first kappa shape index (κ1) is 23.3. The molecule has 0 aromatic heterocycles. The molecule has 2 N–H and O–H groups in total. The van der Waals surface area contributed by atoms with Crippen molar-refractivity contribution in [3.8, 4) is 5.75 Å². The number of methoxy groups -OCH3 is 1. The molecule has 0 aliphatic carbocycles. The number of nitrogens with zero attached hydrogens (tertiary/aromatic N) is 2. The van der Waals surface area contributed by atoms with Crippen LogP contribution in [0.2, 0.25) is 0 Å². The third kappa shape index (κ3) is 5.99. The van der Waals surface area contributed by atoms with E-state index in [1.807, 2.05) is 25.1 Å². The molecule has 2 rings (SSSR count). The van der Waals surface area contributed by atoms with Gasteiger partial charge in [-0.2, -0.15) is 17.5 Å². The summed E-state index contributed by atoms with van der Waals surface area (Å²) in [7, 11) is -1.99. The third-order valence-corrected chi connectivity index (χ3v) is 6.54. The van der Waals surface area contributed by atoms with Crippen LogP contribution in [0.4, 0.5) is 13.2 Å². The summed E-state index contributed by atoms with van der Waals surface area (Å²) in [5.74, 6) is 1.45. The summed E-state index contributed by atoms with van der Waals surface area (Å²) in [6, 6.07) is 5.85. The van der Waals surface area contributed by atoms with Crippen LogP contribution in [0.25, 0.3) is 0 Å². The number of hydrogen-bond acceptors (Lipinski definition) is 4. The van der Waals surface area contributed by atoms with Crippen molar-refractivity contribution in [2.75, 3.05) is 33.8 Å². The van der Waals surface area contributed by atoms with E-state index in [2.05, 4.69) is 15.6 Å². The number of alkyl halides is 3. The maximum atomic E-state index is 12.6. The summed E-state index contributed by atoms with van der Waals surface area (Å²) >= 11 is 0. The van der Waals surface area contributed by atoms with Gasteiger partial charge in [0.1, 0.15) is 5.75 Å². The van der Waals surface area contributed by atoms with E-state index >= 15 is 0 Å². The summed E-state index contributed by atoms with van der Waals surface area (Å²) in [5, 5.41) is 6.34. The maximum absolute atomic E-state index is 12.6. The topological polar surface area (TPSA) is 83.0 Å². The van der Waals surface area contributed by atoms with Gasteiger partial charge in [-0.15, -0.1) is 0 Å². The average Bonchev–Trinajstić information content (AvgIpc) is 2.67. The zero-order valence-electron chi connectivity index (χ0n) is 16.7. The van der Waals surface area contributed by atoms with Crippen molar-refractivity contribution >= 4 is 16.0 Å². The molecule has 164 valence electrons. The molecular formula is C18H27F3N4O3S. The number of aliphatic imine (C=N–C) groups is 1. The Morgan fingerprint density at radius 3 is 2.45 bits per heavy atom. The standard InChI is InChI=1S/C18H27F3N4O3S/c1-13-10-15(4-5-16(13)28-3)12-24-17(22-2)23-11-14-6-8-25(9-7-14)29(26,27)18(19,20)21/h4-5,10,14H,6-9,11-12H2,1-3H3,(H2,22,23,24). The van der Waals surface area contributed by atoms with Crippen LogP contribution in [0.5, 0.6) is 5.75 Å². The molecule has 1 fully saturated rings. The Morgan fingerprint density at radius 2 is 1.93 bits per heavy atom. The van der Waals surface area contributed by atoms with Crippen LogP contribution in [0.3, 0.4) is 0 Å². The first-order valence-electron chi connectivity index (χ1n) is 9.23. The molecule has 0 amide bonds. The van der Waals surface area contributed by atoms with E-state index in [9.17, 15) is 21.6 Å². The van der Waals surface area contributed by atoms with Gasteiger partial charge < -0.3 is 15.4 Å². The Balaban J connectivity index is 1.80. The van der Waals surface area contributed by atoms with Crippen molar-refractivity contribution < 1.29 is 26.3 Å². The predicted octanol–water partition coefficient (Wildman–Crippen LogP) is 2.23. The van der Waals surface area contributed by atoms with E-state index in [1.165, 1.54) is 0 Å². The fraction of sp³-hybridized carbons (Fsp3) is 0.611. The lowest BCUT2D eigenvalue weighted by Crippen LogP contribution is -2.47. The number of halogens is 3. The van der Waals surface area contributed by atoms with Gasteiger partial charge in [-0.1, -0.05) is 12.1 Å². The molecular weight excluding hydrogens is 409 g/mol. The minimum atomic E-state index is -5.25. The van der Waals surface area contributed by atoms with Crippen molar-refractivity contribution in [1.29, 1.82) is 0 Å². The highest BCUT2D eigenvalue weighted by Crippen LogP contribution is 2.30. The van der Waals surface area contributed by atoms with Crippen LogP contribution in [0.15, 0.2) is 23.2 Å². The van der Waals surface area contributed by atoms with Gasteiger partial charge in [0.2, 0.25) is 0 Å². The van der Waals surface area contributed by atoms with Crippen LogP contribution in [0.1, 0.15) is 24.0 Å². The second kappa shape index (κ2) is 9.66. The fourth-order valence-corrected chi connectivity index (χ4v) is 4.18. The van der Waals surface area contributed by atoms with Gasteiger partial charge in [0.15, 0.2) is 5.96 Å². The highest BCUT2D eigenvalue weighted by molar-refractivity contribution is 7.90. The van der Waals surface area contributed by atoms with Crippen LogP contribution >= 0.6 is 0 Å². The molecule has 0 radical (unpaired) electrons. The zero-order valence-corrected chi connectivity index (χ0v) is 17.5. The Hall–Kier alpha value is -2.01. The van der Waals surface area contributed by atoms with Crippen molar-refractivity contribution in [3.63, 3.8) is 0 Å². The number of ether oxygens (including phenoxy) is 1. The summed E-state index contributed by atoms with van der Waals surface area (Å²) in [6.07, 6.45) is 0.716. The molecule has 0 unspecified atom stereocenters. The second-order valence-corrected chi connectivity index (χ2v) is 8.83. The Bertz CT molecular complexity index is 820. The molecule has 1 aliphatic rings. The Morgan fingerprint density at radius 1 is 1.28 bits per heavy atom. The van der Waals surface area contributed by atoms with Crippen molar-refractivity contribution in [2.45, 2.75) is 31.8 Å². The first-order valence-corrected chi connectivity index (χ1v) is 10.7. The van der Waals surface area contributed by atoms with Crippen LogP contribution < -0.4 is 15.4 Å². The summed E-state index contributed by atoms with van der Waals surface area (Å²) < 4.78 is 66.6. The molecule has 11 heteroatoms. The van der Waals surface area contributed by atoms with Gasteiger partial charge >= 0.3 is 15.5 Å². The van der Waals surface area contributed by atoms with Gasteiger partial charge in [0.25, 0.3) is 0 Å². The highest BCUT2D eigenvalue weighted by atomic mass is 32.2. The lowest BCUT2D eigenvalue weighted by atomic mass is 9.98. The monoisotopic (exact) mass is 436 g/mol. The number of aryl methyl sites for hydroxylation is 1. The number of hydrogen-bond donors (Lipinski definition) is 2. The van der Waals surface area contributed by atoms with Gasteiger partial charge in [0.05, 0.1) is 7.11 Å². The van der Waals surface area contributed by atoms with Gasteiger partial charge in [-0.3, -0.25) is 4.99 Å². The molecule has 0 atom stereocenters. The first-order chi connectivity index (χ1) is 13.6. The molecule has 0 spiro atoms. The van der Waals surface area contributed by atoms with Crippen molar-refractivity contribution in [3.05, 3.63) is 29.3 Å². The van der Waals surface area contributed by atoms with Gasteiger partial charge in [0, 0.05) is 33.2 Å². The number of benzene rings is 1. The van der Waals surface area contributed by atoms with E-state index in [4.69, 9.17) is 4.74 Å². The smallest absolute Gasteiger partial charge is 0.496 e. The summed E-state index contributed by atoms with van der Waals surface area (Å²) in [6.45, 7) is 2.74. The van der Waals surface area contributed by atoms with Gasteiger partial charge in [-0.05, 0) is 42.9 Å². The van der Waals surface area contributed by atoms with E-state index < -0.39 is 15.5 Å². The van der Waals surface area contributed by atoms with E-state index in [0.717, 1.165) is 16.9 Å². The number of piperidine rings is 1. The Kier molecular flexibility index (Phi) is 7.75. The van der Waals surface area contributed by atoms with E-state index in [1.54, 1.807) is 14.2 Å². The molecule has 1 aliphatic heterocycles. The van der Waals surface area contributed by atoms with Crippen molar-refractivity contribution in [1.82, 2.24) is 14.9 Å². The number of rotatable bonds is 6. The average molecular weight is 437 g/mol. The van der Waals surface area contributed by atoms with Gasteiger partial charge in [-0.25, -0.2) is 8.42 Å². The predicted molar refractivity (Wildman–Crippen MR) is 105 cm³/mol. The molecule has 1 aromatic carbocycles. The van der Waals surface area contributed by atoms with Crippen LogP contribution in [-0.2, 0) is 16.6 Å². The normalized spacial score (nSPS) is 17.2. The van der Waals surface area contributed by atoms with Crippen LogP contribution in [0, 0.1) is 12.8 Å². The quantitative estimate of drug-likeness (QED) is 0.528. The number of sulfonamides is 1. The maximum Gasteiger partial charge on any atom is 0.511 e. The molecule has 1 heterocycles. The minimum Gasteiger partial charge on any atom is -0.496 e. The lowest BCUT2D eigenvalue weighted by molar-refractivity contribution is -0.0496. The van der Waals surface area contributed by atoms with E-state index in [0.29, 0.717) is 36.2 Å². The highest BCUT2D eigenvalue weighted by Gasteiger charge is 2.50. The summed E-state index contributed by atoms with van der Waals surface area (Å²) in [5.41, 5.74) is -3.17. The molecule has 0 saturated carbocycles. The SMILES string of the molecule is CN=C(NCc1ccc(OC)c(C)c1)NCC1CCN(S(=O)(=O)C(F)(F)F)CC1. The zero-order chi connectivity index (χ0) is 21.7. The minimum absolute atomic E-state index is 0.0662. The number of guanidine groups is 1. The van der Waals surface area contributed by atoms with Crippen molar-refractivity contribution in [2.24, 2.45) is 10.9 Å². The van der Waals surface area contributed by atoms with E-state index in [-0.39, 0.29) is 19.0 Å². The molecule has 29 heavy (non-hydrogen) atoms. The number of nitrogens with one attached hydrogen (secondary N) is 2. The lowest BCUT2D eigenvalue weighted by Gasteiger charge is -2.31. The molecule has 0 bridgehead atoms. The second-order valence-electron chi connectivity index (χ2n) is 6.90.